The molecule has 0 radical (unpaired) electrons. The van der Waals surface area contributed by atoms with Crippen molar-refractivity contribution in [3.05, 3.63) is 0 Å². The second-order valence-electron chi connectivity index (χ2n) is 2.44. The molecule has 3 heteroatoms. The fourth-order valence-corrected chi connectivity index (χ4v) is 0.771. The van der Waals surface area contributed by atoms with E-state index in [0.717, 1.165) is 6.42 Å². The first-order valence-corrected chi connectivity index (χ1v) is 3.54. The predicted molar refractivity (Wildman–Crippen MR) is 39.3 cm³/mol. The van der Waals surface area contributed by atoms with Gasteiger partial charge < -0.3 is 10.0 Å². The average molecular weight is 145 g/mol. The number of aliphatic hydroxyl groups is 1. The molecule has 0 heterocycles. The van der Waals surface area contributed by atoms with Crippen molar-refractivity contribution in [2.45, 2.75) is 39.5 Å². The van der Waals surface area contributed by atoms with Crippen LogP contribution < -0.4 is 0 Å². The van der Waals surface area contributed by atoms with Gasteiger partial charge in [0.25, 0.3) is 0 Å². The molecule has 2 atom stereocenters. The van der Waals surface area contributed by atoms with Crippen molar-refractivity contribution < 1.29 is 9.90 Å². The highest BCUT2D eigenvalue weighted by Gasteiger charge is 2.13. The summed E-state index contributed by atoms with van der Waals surface area (Å²) >= 11 is 0. The van der Waals surface area contributed by atoms with Crippen molar-refractivity contribution in [2.75, 3.05) is 0 Å². The number of nitrogens with zero attached hydrogens (tertiary/aromatic N) is 1. The molecule has 0 rings (SSSR count). The van der Waals surface area contributed by atoms with Crippen LogP contribution in [-0.4, -0.2) is 28.7 Å². The van der Waals surface area contributed by atoms with Crippen molar-refractivity contribution >= 4 is 6.41 Å². The number of rotatable bonds is 4. The highest BCUT2D eigenvalue weighted by atomic mass is 16.3. The molecule has 2 unspecified atom stereocenters. The van der Waals surface area contributed by atoms with Gasteiger partial charge in [0, 0.05) is 6.04 Å². The molecule has 1 amide bonds. The van der Waals surface area contributed by atoms with Gasteiger partial charge in [-0.1, -0.05) is 6.92 Å². The molecule has 0 aromatic carbocycles. The van der Waals surface area contributed by atoms with Crippen LogP contribution in [0.25, 0.3) is 0 Å². The molecule has 10 heavy (non-hydrogen) atoms. The lowest BCUT2D eigenvalue weighted by atomic mass is 10.2. The number of amides is 1. The molecular formula is C7H15NO2. The van der Waals surface area contributed by atoms with E-state index < -0.39 is 6.23 Å². The lowest BCUT2D eigenvalue weighted by Gasteiger charge is -2.26. The van der Waals surface area contributed by atoms with E-state index in [1.165, 1.54) is 4.90 Å². The molecule has 0 aromatic heterocycles. The Balaban J connectivity index is 3.92. The van der Waals surface area contributed by atoms with Crippen LogP contribution in [0.4, 0.5) is 0 Å². The van der Waals surface area contributed by atoms with Crippen molar-refractivity contribution in [3.8, 4) is 0 Å². The quantitative estimate of drug-likeness (QED) is 0.464. The van der Waals surface area contributed by atoms with Gasteiger partial charge in [-0.25, -0.2) is 0 Å². The van der Waals surface area contributed by atoms with Crippen LogP contribution in [0, 0.1) is 0 Å². The molecule has 0 aliphatic rings. The second-order valence-corrected chi connectivity index (χ2v) is 2.44. The highest BCUT2D eigenvalue weighted by Crippen LogP contribution is 2.02. The minimum Gasteiger partial charge on any atom is -0.374 e. The maximum absolute atomic E-state index is 10.3. The Morgan fingerprint density at radius 1 is 1.60 bits per heavy atom. The smallest absolute Gasteiger partial charge is 0.211 e. The Morgan fingerprint density at radius 2 is 2.10 bits per heavy atom. The van der Waals surface area contributed by atoms with E-state index in [2.05, 4.69) is 0 Å². The van der Waals surface area contributed by atoms with Crippen LogP contribution in [-0.2, 0) is 4.79 Å². The van der Waals surface area contributed by atoms with Crippen molar-refractivity contribution in [1.29, 1.82) is 0 Å². The van der Waals surface area contributed by atoms with Gasteiger partial charge in [0.1, 0.15) is 6.23 Å². The maximum Gasteiger partial charge on any atom is 0.211 e. The summed E-state index contributed by atoms with van der Waals surface area (Å²) in [7, 11) is 0. The summed E-state index contributed by atoms with van der Waals surface area (Å²) in [6.45, 7) is 5.46. The second kappa shape index (κ2) is 4.28. The summed E-state index contributed by atoms with van der Waals surface area (Å²) in [5.41, 5.74) is 0. The van der Waals surface area contributed by atoms with E-state index >= 15 is 0 Å². The average Bonchev–Trinajstić information content (AvgIpc) is 1.88. The normalized spacial score (nSPS) is 16.0. The van der Waals surface area contributed by atoms with Crippen LogP contribution in [0.15, 0.2) is 0 Å². The molecule has 0 aromatic rings. The topological polar surface area (TPSA) is 40.5 Å². The third-order valence-corrected chi connectivity index (χ3v) is 1.65. The molecule has 0 spiro atoms. The molecule has 3 nitrogen and oxygen atoms in total. The Kier molecular flexibility index (Phi) is 4.03. The van der Waals surface area contributed by atoms with Crippen LogP contribution in [0.3, 0.4) is 0 Å². The van der Waals surface area contributed by atoms with Crippen molar-refractivity contribution in [3.63, 3.8) is 0 Å². The SMILES string of the molecule is CCC(C)N(C=O)C(C)O. The van der Waals surface area contributed by atoms with E-state index in [0.29, 0.717) is 6.41 Å². The largest absolute Gasteiger partial charge is 0.374 e. The van der Waals surface area contributed by atoms with E-state index in [1.54, 1.807) is 6.92 Å². The van der Waals surface area contributed by atoms with Crippen LogP contribution in [0.2, 0.25) is 0 Å². The predicted octanol–water partition coefficient (Wildman–Crippen LogP) is 0.582. The Bertz CT molecular complexity index is 104. The molecule has 0 saturated carbocycles. The summed E-state index contributed by atoms with van der Waals surface area (Å²) in [6, 6.07) is 0.123. The first kappa shape index (κ1) is 9.43. The Morgan fingerprint density at radius 3 is 2.20 bits per heavy atom. The molecule has 0 bridgehead atoms. The minimum absolute atomic E-state index is 0.123. The molecule has 1 N–H and O–H groups in total. The summed E-state index contributed by atoms with van der Waals surface area (Å²) in [5.74, 6) is 0. The lowest BCUT2D eigenvalue weighted by Crippen LogP contribution is -2.38. The van der Waals surface area contributed by atoms with E-state index in [4.69, 9.17) is 5.11 Å². The first-order valence-electron chi connectivity index (χ1n) is 3.54. The van der Waals surface area contributed by atoms with Gasteiger partial charge in [-0.2, -0.15) is 0 Å². The number of hydrogen-bond acceptors (Lipinski definition) is 2. The van der Waals surface area contributed by atoms with Gasteiger partial charge in [-0.15, -0.1) is 0 Å². The zero-order valence-corrected chi connectivity index (χ0v) is 6.74. The monoisotopic (exact) mass is 145 g/mol. The third-order valence-electron chi connectivity index (χ3n) is 1.65. The fraction of sp³-hybridized carbons (Fsp3) is 0.857. The van der Waals surface area contributed by atoms with Gasteiger partial charge in [0.15, 0.2) is 0 Å². The summed E-state index contributed by atoms with van der Waals surface area (Å²) < 4.78 is 0. The van der Waals surface area contributed by atoms with Gasteiger partial charge in [-0.3, -0.25) is 4.79 Å². The van der Waals surface area contributed by atoms with Crippen LogP contribution >= 0.6 is 0 Å². The molecular weight excluding hydrogens is 130 g/mol. The van der Waals surface area contributed by atoms with Gasteiger partial charge in [0.05, 0.1) is 0 Å². The van der Waals surface area contributed by atoms with Crippen LogP contribution in [0.5, 0.6) is 0 Å². The van der Waals surface area contributed by atoms with E-state index in [-0.39, 0.29) is 6.04 Å². The third kappa shape index (κ3) is 2.35. The number of aliphatic hydroxyl groups excluding tert-OH is 1. The molecule has 0 saturated heterocycles. The van der Waals surface area contributed by atoms with Gasteiger partial charge in [0.2, 0.25) is 6.41 Å². The molecule has 0 aliphatic heterocycles. The van der Waals surface area contributed by atoms with Crippen molar-refractivity contribution in [2.24, 2.45) is 0 Å². The highest BCUT2D eigenvalue weighted by molar-refractivity contribution is 5.47. The minimum atomic E-state index is -0.674. The van der Waals surface area contributed by atoms with E-state index in [9.17, 15) is 4.79 Å². The summed E-state index contributed by atoms with van der Waals surface area (Å²) in [5, 5.41) is 9.01. The Labute approximate surface area is 61.6 Å². The fourth-order valence-electron chi connectivity index (χ4n) is 0.771. The van der Waals surface area contributed by atoms with Crippen LogP contribution in [0.1, 0.15) is 27.2 Å². The van der Waals surface area contributed by atoms with Gasteiger partial charge in [-0.05, 0) is 20.3 Å². The summed E-state index contributed by atoms with van der Waals surface area (Å²) in [4.78, 5) is 11.7. The number of hydrogen-bond donors (Lipinski definition) is 1. The number of carbonyl (C=O) groups is 1. The standard InChI is InChI=1S/C7H15NO2/c1-4-6(2)8(5-9)7(3)10/h5-7,10H,4H2,1-3H3. The molecule has 0 fully saturated rings. The van der Waals surface area contributed by atoms with Crippen molar-refractivity contribution in [1.82, 2.24) is 4.90 Å². The first-order chi connectivity index (χ1) is 4.63. The molecule has 60 valence electrons. The molecule has 0 aliphatic carbocycles. The zero-order valence-electron chi connectivity index (χ0n) is 6.74. The maximum atomic E-state index is 10.3. The van der Waals surface area contributed by atoms with E-state index in [1.807, 2.05) is 13.8 Å². The Hall–Kier alpha value is -0.570. The summed E-state index contributed by atoms with van der Waals surface area (Å²) in [6.07, 6.45) is 0.870. The lowest BCUT2D eigenvalue weighted by molar-refractivity contribution is -0.129. The number of carbonyl (C=O) groups excluding carboxylic acids is 1. The zero-order chi connectivity index (χ0) is 8.15. The van der Waals surface area contributed by atoms with Gasteiger partial charge >= 0.3 is 0 Å².